The van der Waals surface area contributed by atoms with Crippen LogP contribution in [0, 0.1) is 5.82 Å². The maximum atomic E-state index is 13.3. The molecule has 0 aromatic heterocycles. The molecule has 0 saturated carbocycles. The van der Waals surface area contributed by atoms with Crippen LogP contribution in [0.2, 0.25) is 0 Å². The summed E-state index contributed by atoms with van der Waals surface area (Å²) in [6.07, 6.45) is -3.26. The van der Waals surface area contributed by atoms with E-state index in [1.54, 1.807) is 24.3 Å². The lowest BCUT2D eigenvalue weighted by atomic mass is 10.1. The quantitative estimate of drug-likeness (QED) is 0.235. The van der Waals surface area contributed by atoms with Crippen molar-refractivity contribution >= 4 is 28.1 Å². The second-order valence-electron chi connectivity index (χ2n) is 6.72. The Morgan fingerprint density at radius 2 is 1.85 bits per heavy atom. The van der Waals surface area contributed by atoms with E-state index in [1.165, 1.54) is 31.5 Å². The Morgan fingerprint density at radius 1 is 1.09 bits per heavy atom. The molecular weight excluding hydrogens is 508 g/mol. The molecule has 3 rings (SSSR count). The van der Waals surface area contributed by atoms with Crippen molar-refractivity contribution in [3.05, 3.63) is 93.2 Å². The average molecular weight is 525 g/mol. The Kier molecular flexibility index (Phi) is 7.70. The van der Waals surface area contributed by atoms with Crippen molar-refractivity contribution in [1.82, 2.24) is 5.43 Å². The van der Waals surface area contributed by atoms with Gasteiger partial charge in [-0.2, -0.15) is 18.3 Å². The normalized spacial score (nSPS) is 11.5. The zero-order valence-electron chi connectivity index (χ0n) is 17.1. The Balaban J connectivity index is 1.70. The largest absolute Gasteiger partial charge is 0.493 e. The van der Waals surface area contributed by atoms with E-state index in [9.17, 15) is 22.4 Å². The van der Waals surface area contributed by atoms with Gasteiger partial charge in [0.2, 0.25) is 0 Å². The summed E-state index contributed by atoms with van der Waals surface area (Å²) < 4.78 is 63.4. The van der Waals surface area contributed by atoms with Gasteiger partial charge in [0.15, 0.2) is 11.5 Å². The lowest BCUT2D eigenvalue weighted by Crippen LogP contribution is -2.18. The molecule has 3 aromatic carbocycles. The molecule has 0 radical (unpaired) electrons. The molecule has 0 heterocycles. The molecule has 172 valence electrons. The van der Waals surface area contributed by atoms with Gasteiger partial charge in [-0.1, -0.05) is 18.2 Å². The van der Waals surface area contributed by atoms with E-state index in [0.29, 0.717) is 27.1 Å². The van der Waals surface area contributed by atoms with Crippen molar-refractivity contribution in [2.45, 2.75) is 12.8 Å². The summed E-state index contributed by atoms with van der Waals surface area (Å²) in [5.41, 5.74) is 2.23. The molecule has 0 atom stereocenters. The number of methoxy groups -OCH3 is 1. The van der Waals surface area contributed by atoms with Crippen molar-refractivity contribution in [1.29, 1.82) is 0 Å². The SMILES string of the molecule is COc1cc(/C=N\NC(=O)c2cccc(C(F)(F)F)c2)c(Br)cc1OCc1cccc(F)c1. The lowest BCUT2D eigenvalue weighted by Gasteiger charge is -2.13. The number of hydrogen-bond donors (Lipinski definition) is 1. The molecular formula is C23H17BrF4N2O3. The summed E-state index contributed by atoms with van der Waals surface area (Å²) in [6.45, 7) is 0.112. The molecule has 1 amide bonds. The number of nitrogens with zero attached hydrogens (tertiary/aromatic N) is 1. The number of carbonyl (C=O) groups is 1. The molecule has 33 heavy (non-hydrogen) atoms. The van der Waals surface area contributed by atoms with E-state index in [4.69, 9.17) is 9.47 Å². The average Bonchev–Trinajstić information content (AvgIpc) is 2.78. The second-order valence-corrected chi connectivity index (χ2v) is 7.58. The van der Waals surface area contributed by atoms with Gasteiger partial charge in [-0.25, -0.2) is 9.82 Å². The van der Waals surface area contributed by atoms with Crippen LogP contribution < -0.4 is 14.9 Å². The molecule has 0 bridgehead atoms. The Labute approximate surface area is 195 Å². The minimum atomic E-state index is -4.56. The predicted octanol–water partition coefficient (Wildman–Crippen LogP) is 5.96. The van der Waals surface area contributed by atoms with Crippen LogP contribution >= 0.6 is 15.9 Å². The van der Waals surface area contributed by atoms with Gasteiger partial charge in [0.05, 0.1) is 18.9 Å². The highest BCUT2D eigenvalue weighted by molar-refractivity contribution is 9.10. The number of halogens is 5. The highest BCUT2D eigenvalue weighted by atomic mass is 79.9. The molecule has 0 aliphatic heterocycles. The van der Waals surface area contributed by atoms with E-state index in [-0.39, 0.29) is 18.0 Å². The van der Waals surface area contributed by atoms with Crippen LogP contribution in [-0.2, 0) is 12.8 Å². The fraction of sp³-hybridized carbons (Fsp3) is 0.130. The summed E-state index contributed by atoms with van der Waals surface area (Å²) in [6, 6.07) is 13.2. The minimum Gasteiger partial charge on any atom is -0.493 e. The van der Waals surface area contributed by atoms with Crippen LogP contribution in [0.25, 0.3) is 0 Å². The Hall–Kier alpha value is -3.40. The maximum Gasteiger partial charge on any atom is 0.416 e. The topological polar surface area (TPSA) is 59.9 Å². The van der Waals surface area contributed by atoms with Gasteiger partial charge >= 0.3 is 6.18 Å². The number of hydrazone groups is 1. The standard InChI is InChI=1S/C23H17BrF4N2O3/c1-32-20-10-16(19(24)11-21(20)33-13-14-4-2-7-18(25)8-14)12-29-30-22(31)15-5-3-6-17(9-15)23(26,27)28/h2-12H,13H2,1H3,(H,30,31)/b29-12-. The van der Waals surface area contributed by atoms with Crippen molar-refractivity contribution in [2.24, 2.45) is 5.10 Å². The number of nitrogens with one attached hydrogen (secondary N) is 1. The van der Waals surface area contributed by atoms with Crippen molar-refractivity contribution in [3.63, 3.8) is 0 Å². The molecule has 0 aliphatic rings. The lowest BCUT2D eigenvalue weighted by molar-refractivity contribution is -0.137. The van der Waals surface area contributed by atoms with E-state index in [1.807, 2.05) is 0 Å². The number of hydrogen-bond acceptors (Lipinski definition) is 4. The second kappa shape index (κ2) is 10.5. The van der Waals surface area contributed by atoms with Gasteiger partial charge in [-0.05, 0) is 64.0 Å². The van der Waals surface area contributed by atoms with Crippen LogP contribution in [0.1, 0.15) is 27.0 Å². The fourth-order valence-corrected chi connectivity index (χ4v) is 3.20. The molecule has 0 saturated heterocycles. The maximum absolute atomic E-state index is 13.3. The number of benzene rings is 3. The van der Waals surface area contributed by atoms with Gasteiger partial charge in [0.25, 0.3) is 5.91 Å². The third kappa shape index (κ3) is 6.55. The summed E-state index contributed by atoms with van der Waals surface area (Å²) in [4.78, 5) is 12.1. The molecule has 3 aromatic rings. The number of alkyl halides is 3. The van der Waals surface area contributed by atoms with Crippen molar-refractivity contribution in [2.75, 3.05) is 7.11 Å². The van der Waals surface area contributed by atoms with Crippen LogP contribution in [0.5, 0.6) is 11.5 Å². The summed E-state index contributed by atoms with van der Waals surface area (Å²) in [7, 11) is 1.44. The van der Waals surface area contributed by atoms with Gasteiger partial charge in [-0.15, -0.1) is 0 Å². The number of ether oxygens (including phenoxy) is 2. The van der Waals surface area contributed by atoms with Gasteiger partial charge in [-0.3, -0.25) is 4.79 Å². The minimum absolute atomic E-state index is 0.112. The first-order valence-corrected chi connectivity index (χ1v) is 10.2. The zero-order chi connectivity index (χ0) is 24.0. The third-order valence-corrected chi connectivity index (χ3v) is 5.07. The molecule has 5 nitrogen and oxygen atoms in total. The van der Waals surface area contributed by atoms with Crippen molar-refractivity contribution < 1.29 is 31.8 Å². The Bertz CT molecular complexity index is 1180. The molecule has 10 heteroatoms. The molecule has 0 fully saturated rings. The molecule has 0 spiro atoms. The van der Waals surface area contributed by atoms with Crippen LogP contribution in [-0.4, -0.2) is 19.2 Å². The first-order chi connectivity index (χ1) is 15.7. The summed E-state index contributed by atoms with van der Waals surface area (Å²) in [5.74, 6) is -0.419. The van der Waals surface area contributed by atoms with Crippen LogP contribution in [0.3, 0.4) is 0 Å². The highest BCUT2D eigenvalue weighted by Crippen LogP contribution is 2.33. The Morgan fingerprint density at radius 3 is 2.55 bits per heavy atom. The van der Waals surface area contributed by atoms with Gasteiger partial charge in [0, 0.05) is 15.6 Å². The van der Waals surface area contributed by atoms with Gasteiger partial charge < -0.3 is 9.47 Å². The molecule has 0 unspecified atom stereocenters. The molecule has 0 aliphatic carbocycles. The van der Waals surface area contributed by atoms with Crippen molar-refractivity contribution in [3.8, 4) is 11.5 Å². The number of rotatable bonds is 7. The number of amides is 1. The van der Waals surface area contributed by atoms with Gasteiger partial charge in [0.1, 0.15) is 12.4 Å². The van der Waals surface area contributed by atoms with E-state index in [2.05, 4.69) is 26.5 Å². The first kappa shape index (κ1) is 24.2. The highest BCUT2D eigenvalue weighted by Gasteiger charge is 2.30. The molecule has 1 N–H and O–H groups in total. The first-order valence-electron chi connectivity index (χ1n) is 9.43. The number of carbonyl (C=O) groups excluding carboxylic acids is 1. The predicted molar refractivity (Wildman–Crippen MR) is 118 cm³/mol. The zero-order valence-corrected chi connectivity index (χ0v) is 18.7. The fourth-order valence-electron chi connectivity index (χ4n) is 2.77. The van der Waals surface area contributed by atoms with E-state index >= 15 is 0 Å². The monoisotopic (exact) mass is 524 g/mol. The van der Waals surface area contributed by atoms with E-state index < -0.39 is 17.6 Å². The van der Waals surface area contributed by atoms with Crippen LogP contribution in [0.15, 0.2) is 70.2 Å². The third-order valence-electron chi connectivity index (χ3n) is 4.39. The van der Waals surface area contributed by atoms with E-state index in [0.717, 1.165) is 18.2 Å². The van der Waals surface area contributed by atoms with Crippen LogP contribution in [0.4, 0.5) is 17.6 Å². The summed E-state index contributed by atoms with van der Waals surface area (Å²) >= 11 is 3.37. The smallest absolute Gasteiger partial charge is 0.416 e. The summed E-state index contributed by atoms with van der Waals surface area (Å²) in [5, 5.41) is 3.81.